The summed E-state index contributed by atoms with van der Waals surface area (Å²) in [7, 11) is 0. The van der Waals surface area contributed by atoms with E-state index < -0.39 is 44.5 Å². The van der Waals surface area contributed by atoms with Gasteiger partial charge in [-0.15, -0.1) is 0 Å². The highest BCUT2D eigenvalue weighted by Crippen LogP contribution is 2.44. The van der Waals surface area contributed by atoms with Crippen LogP contribution in [-0.4, -0.2) is 51.6 Å². The first-order chi connectivity index (χ1) is 22.2. The van der Waals surface area contributed by atoms with Crippen LogP contribution >= 0.6 is 34.8 Å². The van der Waals surface area contributed by atoms with Crippen molar-refractivity contribution in [2.24, 2.45) is 5.92 Å². The number of halogens is 5. The molecule has 2 aliphatic heterocycles. The lowest BCUT2D eigenvalue weighted by molar-refractivity contribution is -0.130. The Morgan fingerprint density at radius 2 is 1.83 bits per heavy atom. The highest BCUT2D eigenvalue weighted by molar-refractivity contribution is 6.39. The van der Waals surface area contributed by atoms with Crippen LogP contribution in [0, 0.1) is 28.9 Å². The first kappa shape index (κ1) is 34.2. The number of carbonyl (C=O) groups is 1. The number of benzene rings is 1. The second-order valence-corrected chi connectivity index (χ2v) is 13.2. The number of fused-ring (bicyclic) bond motifs is 1. The number of hydrogen-bond donors (Lipinski definition) is 2. The van der Waals surface area contributed by atoms with E-state index >= 15 is 8.78 Å². The number of pyridine rings is 2. The largest absolute Gasteiger partial charge is 0.395 e. The molecular weight excluding hydrogens is 671 g/mol. The molecule has 0 bridgehead atoms. The Morgan fingerprint density at radius 3 is 2.40 bits per heavy atom. The van der Waals surface area contributed by atoms with Gasteiger partial charge in [-0.05, 0) is 56.7 Å². The number of nitrogens with one attached hydrogen (secondary N) is 1. The van der Waals surface area contributed by atoms with E-state index in [0.717, 1.165) is 0 Å². The molecular formula is C33H32Cl3F2N7O2. The molecule has 47 heavy (non-hydrogen) atoms. The average Bonchev–Trinajstić information content (AvgIpc) is 3.02. The van der Waals surface area contributed by atoms with Crippen LogP contribution in [-0.2, 0) is 4.79 Å². The van der Waals surface area contributed by atoms with Crippen molar-refractivity contribution in [1.29, 1.82) is 5.26 Å². The summed E-state index contributed by atoms with van der Waals surface area (Å²) in [4.78, 5) is 35.5. The Hall–Kier alpha value is -4.11. The third-order valence-electron chi connectivity index (χ3n) is 8.60. The molecule has 1 fully saturated rings. The molecule has 0 spiro atoms. The van der Waals surface area contributed by atoms with Gasteiger partial charge in [-0.25, -0.2) is 13.8 Å². The summed E-state index contributed by atoms with van der Waals surface area (Å²) in [5.41, 5.74) is 4.94. The Bertz CT molecular complexity index is 1980. The Balaban J connectivity index is 1.92. The van der Waals surface area contributed by atoms with Gasteiger partial charge in [-0.2, -0.15) is 5.26 Å². The van der Waals surface area contributed by atoms with Gasteiger partial charge in [-0.3, -0.25) is 14.2 Å². The monoisotopic (exact) mass is 701 g/mol. The standard InChI is InChI=1S/C33H32Cl3F2N7O2/c1-7-21(46)44-16(5)12-43(13-17(44)6)31-18-10-20(34)29(22-23(35)26(38)24(36)27(40)25(22)37)42-32(18)45(33(47)19(31)11-39)30-15(4)8-9-41-28(30)14(2)3/h7-10,14,16-17,28,41H,1,12-13,40H2,2-6H3/t16-,17+,28-/m1/s1. The lowest BCUT2D eigenvalue weighted by Gasteiger charge is -2.45. The van der Waals surface area contributed by atoms with E-state index in [1.54, 1.807) is 17.2 Å². The van der Waals surface area contributed by atoms with Gasteiger partial charge in [0.2, 0.25) is 5.91 Å². The van der Waals surface area contributed by atoms with Crippen molar-refractivity contribution in [2.75, 3.05) is 23.7 Å². The molecule has 1 saturated heterocycles. The van der Waals surface area contributed by atoms with Gasteiger partial charge in [0.1, 0.15) is 22.3 Å². The molecule has 0 saturated carbocycles. The first-order valence-corrected chi connectivity index (χ1v) is 15.9. The lowest BCUT2D eigenvalue weighted by atomic mass is 9.94. The number of nitrogen functional groups attached to an aromatic ring is 1. The van der Waals surface area contributed by atoms with E-state index in [0.29, 0.717) is 16.7 Å². The minimum Gasteiger partial charge on any atom is -0.395 e. The third kappa shape index (κ3) is 5.52. The number of piperazine rings is 1. The fourth-order valence-electron chi connectivity index (χ4n) is 6.51. The van der Waals surface area contributed by atoms with Gasteiger partial charge >= 0.3 is 0 Å². The van der Waals surface area contributed by atoms with Gasteiger partial charge in [0.05, 0.1) is 44.4 Å². The van der Waals surface area contributed by atoms with Crippen LogP contribution in [0.25, 0.3) is 28.0 Å². The number of aromatic nitrogens is 2. The molecule has 9 nitrogen and oxygen atoms in total. The third-order valence-corrected chi connectivity index (χ3v) is 9.61. The van der Waals surface area contributed by atoms with Crippen molar-refractivity contribution in [3.63, 3.8) is 0 Å². The summed E-state index contributed by atoms with van der Waals surface area (Å²) in [6.45, 7) is 13.6. The van der Waals surface area contributed by atoms with Crippen molar-refractivity contribution in [3.05, 3.63) is 79.2 Å². The van der Waals surface area contributed by atoms with Crippen LogP contribution in [0.4, 0.5) is 20.2 Å². The summed E-state index contributed by atoms with van der Waals surface area (Å²) >= 11 is 19.0. The SMILES string of the molecule is C=CC(=O)N1[C@H](C)CN(c2c(C#N)c(=O)n(C3=C(C)C=CN[C@@H]3C(C)C)c3nc(-c4c(F)c(N)c(Cl)c(F)c4Cl)c(Cl)cc23)C[C@@H]1C. The zero-order chi connectivity index (χ0) is 34.6. The number of rotatable bonds is 5. The Morgan fingerprint density at radius 1 is 1.19 bits per heavy atom. The molecule has 2 aliphatic rings. The highest BCUT2D eigenvalue weighted by atomic mass is 35.5. The maximum absolute atomic E-state index is 15.7. The number of nitrogens with zero attached hydrogens (tertiary/aromatic N) is 5. The molecule has 0 unspecified atom stereocenters. The van der Waals surface area contributed by atoms with E-state index in [-0.39, 0.29) is 64.6 Å². The van der Waals surface area contributed by atoms with Crippen molar-refractivity contribution < 1.29 is 13.6 Å². The van der Waals surface area contributed by atoms with Crippen LogP contribution in [0.1, 0.15) is 40.2 Å². The second kappa shape index (κ2) is 12.8. The normalized spacial score (nSPS) is 19.7. The number of hydrogen-bond acceptors (Lipinski definition) is 7. The van der Waals surface area contributed by atoms with Crippen LogP contribution < -0.4 is 21.5 Å². The lowest BCUT2D eigenvalue weighted by Crippen LogP contribution is -2.58. The molecule has 5 rings (SSSR count). The van der Waals surface area contributed by atoms with Gasteiger partial charge in [-0.1, -0.05) is 55.2 Å². The highest BCUT2D eigenvalue weighted by Gasteiger charge is 2.36. The molecule has 1 aromatic carbocycles. The van der Waals surface area contributed by atoms with Crippen molar-refractivity contribution in [1.82, 2.24) is 19.8 Å². The van der Waals surface area contributed by atoms with E-state index in [1.807, 2.05) is 39.5 Å². The summed E-state index contributed by atoms with van der Waals surface area (Å²) in [5.74, 6) is -2.57. The maximum atomic E-state index is 15.7. The van der Waals surface area contributed by atoms with Crippen molar-refractivity contribution in [2.45, 2.75) is 52.7 Å². The molecule has 3 atom stereocenters. The van der Waals surface area contributed by atoms with E-state index in [9.17, 15) is 14.9 Å². The zero-order valence-electron chi connectivity index (χ0n) is 26.3. The molecule has 0 radical (unpaired) electrons. The van der Waals surface area contributed by atoms with Gasteiger partial charge in [0.15, 0.2) is 11.6 Å². The zero-order valence-corrected chi connectivity index (χ0v) is 28.5. The van der Waals surface area contributed by atoms with Crippen LogP contribution in [0.15, 0.2) is 41.4 Å². The van der Waals surface area contributed by atoms with E-state index in [1.165, 1.54) is 16.7 Å². The predicted octanol–water partition coefficient (Wildman–Crippen LogP) is 6.74. The minimum absolute atomic E-state index is 0.0230. The number of amides is 1. The second-order valence-electron chi connectivity index (χ2n) is 12.1. The predicted molar refractivity (Wildman–Crippen MR) is 183 cm³/mol. The molecule has 4 heterocycles. The molecule has 246 valence electrons. The molecule has 0 aliphatic carbocycles. The molecule has 3 aromatic rings. The molecule has 14 heteroatoms. The first-order valence-electron chi connectivity index (χ1n) is 14.8. The molecule has 2 aromatic heterocycles. The quantitative estimate of drug-likeness (QED) is 0.131. The summed E-state index contributed by atoms with van der Waals surface area (Å²) in [6, 6.07) is 2.51. The molecule has 1 amide bonds. The summed E-state index contributed by atoms with van der Waals surface area (Å²) in [6.07, 6.45) is 4.80. The van der Waals surface area contributed by atoms with E-state index in [2.05, 4.69) is 18.0 Å². The van der Waals surface area contributed by atoms with Gasteiger partial charge < -0.3 is 20.9 Å². The number of nitrogens with two attached hydrogens (primary N) is 1. The number of allylic oxidation sites excluding steroid dienone is 2. The fourth-order valence-corrected chi connectivity index (χ4v) is 7.25. The number of carbonyl (C=O) groups excluding carboxylic acids is 1. The Kier molecular flexibility index (Phi) is 9.34. The number of dihydropyridines is 1. The van der Waals surface area contributed by atoms with Crippen molar-refractivity contribution >= 4 is 68.8 Å². The van der Waals surface area contributed by atoms with Gasteiger partial charge in [0, 0.05) is 30.6 Å². The average molecular weight is 703 g/mol. The van der Waals surface area contributed by atoms with E-state index in [4.69, 9.17) is 45.5 Å². The van der Waals surface area contributed by atoms with Gasteiger partial charge in [0.25, 0.3) is 5.56 Å². The number of nitriles is 1. The van der Waals surface area contributed by atoms with Crippen molar-refractivity contribution in [3.8, 4) is 17.3 Å². The Labute approximate surface area is 285 Å². The van der Waals surface area contributed by atoms with Crippen LogP contribution in [0.2, 0.25) is 15.1 Å². The maximum Gasteiger partial charge on any atom is 0.276 e. The minimum atomic E-state index is -1.16. The topological polar surface area (TPSA) is 120 Å². The fraction of sp³-hybridized carbons (Fsp3) is 0.333. The summed E-state index contributed by atoms with van der Waals surface area (Å²) < 4.78 is 32.1. The molecule has 3 N–H and O–H groups in total. The smallest absolute Gasteiger partial charge is 0.276 e. The number of anilines is 2. The summed E-state index contributed by atoms with van der Waals surface area (Å²) in [5, 5.41) is 12.6. The van der Waals surface area contributed by atoms with Crippen LogP contribution in [0.3, 0.4) is 0 Å². The van der Waals surface area contributed by atoms with Crippen LogP contribution in [0.5, 0.6) is 0 Å².